The number of benzene rings is 2. The summed E-state index contributed by atoms with van der Waals surface area (Å²) in [6, 6.07) is 13.2. The molecular formula is C19H15BrClFN4O. The second-order valence-corrected chi connectivity index (χ2v) is 6.97. The molecule has 0 aliphatic rings. The molecule has 138 valence electrons. The van der Waals surface area contributed by atoms with Crippen LogP contribution >= 0.6 is 27.5 Å². The number of rotatable bonds is 5. The first kappa shape index (κ1) is 19.3. The van der Waals surface area contributed by atoms with E-state index >= 15 is 0 Å². The maximum Gasteiger partial charge on any atom is 0.272 e. The van der Waals surface area contributed by atoms with E-state index in [-0.39, 0.29) is 11.7 Å². The van der Waals surface area contributed by atoms with Gasteiger partial charge in [0, 0.05) is 4.47 Å². The Bertz CT molecular complexity index is 1000. The van der Waals surface area contributed by atoms with E-state index in [4.69, 9.17) is 11.6 Å². The summed E-state index contributed by atoms with van der Waals surface area (Å²) in [5, 5.41) is 8.74. The topological polar surface area (TPSA) is 59.3 Å². The SMILES string of the molecule is Cc1nn(Cc2ccc(F)cc2)c(Cl)c1C=NNC(=O)c1ccccc1Br. The fourth-order valence-electron chi connectivity index (χ4n) is 2.44. The molecule has 0 saturated heterocycles. The van der Waals surface area contributed by atoms with Crippen molar-refractivity contribution in [3.8, 4) is 0 Å². The molecule has 0 aliphatic heterocycles. The molecule has 1 N–H and O–H groups in total. The van der Waals surface area contributed by atoms with E-state index in [0.29, 0.717) is 33.0 Å². The van der Waals surface area contributed by atoms with Crippen LogP contribution in [0.25, 0.3) is 0 Å². The zero-order chi connectivity index (χ0) is 19.4. The molecule has 0 fully saturated rings. The van der Waals surface area contributed by atoms with E-state index in [2.05, 4.69) is 31.6 Å². The minimum absolute atomic E-state index is 0.296. The van der Waals surface area contributed by atoms with Gasteiger partial charge < -0.3 is 0 Å². The van der Waals surface area contributed by atoms with Crippen molar-refractivity contribution in [1.82, 2.24) is 15.2 Å². The van der Waals surface area contributed by atoms with Gasteiger partial charge in [-0.2, -0.15) is 10.2 Å². The Morgan fingerprint density at radius 1 is 1.30 bits per heavy atom. The summed E-state index contributed by atoms with van der Waals surface area (Å²) in [4.78, 5) is 12.2. The maximum atomic E-state index is 13.0. The highest BCUT2D eigenvalue weighted by Gasteiger charge is 2.13. The first-order chi connectivity index (χ1) is 13.0. The van der Waals surface area contributed by atoms with E-state index < -0.39 is 0 Å². The van der Waals surface area contributed by atoms with Gasteiger partial charge in [0.2, 0.25) is 0 Å². The number of nitrogens with one attached hydrogen (secondary N) is 1. The second kappa shape index (κ2) is 8.45. The quantitative estimate of drug-likeness (QED) is 0.458. The van der Waals surface area contributed by atoms with Crippen LogP contribution in [0.3, 0.4) is 0 Å². The van der Waals surface area contributed by atoms with Crippen molar-refractivity contribution < 1.29 is 9.18 Å². The lowest BCUT2D eigenvalue weighted by molar-refractivity contribution is 0.0954. The van der Waals surface area contributed by atoms with Crippen LogP contribution in [-0.2, 0) is 6.54 Å². The summed E-state index contributed by atoms with van der Waals surface area (Å²) in [6.45, 7) is 2.20. The highest BCUT2D eigenvalue weighted by Crippen LogP contribution is 2.19. The van der Waals surface area contributed by atoms with Gasteiger partial charge in [0.25, 0.3) is 5.91 Å². The molecule has 0 radical (unpaired) electrons. The van der Waals surface area contributed by atoms with Gasteiger partial charge in [-0.1, -0.05) is 35.9 Å². The largest absolute Gasteiger partial charge is 0.272 e. The Hall–Kier alpha value is -2.51. The first-order valence-corrected chi connectivity index (χ1v) is 9.18. The number of hydrogen-bond acceptors (Lipinski definition) is 3. The summed E-state index contributed by atoms with van der Waals surface area (Å²) in [6.07, 6.45) is 1.46. The number of aryl methyl sites for hydroxylation is 1. The first-order valence-electron chi connectivity index (χ1n) is 8.01. The average molecular weight is 450 g/mol. The normalized spacial score (nSPS) is 11.1. The van der Waals surface area contributed by atoms with Crippen LogP contribution < -0.4 is 5.43 Å². The van der Waals surface area contributed by atoms with Crippen molar-refractivity contribution in [2.24, 2.45) is 5.10 Å². The number of halogens is 3. The van der Waals surface area contributed by atoms with E-state index in [1.807, 2.05) is 6.07 Å². The number of carbonyl (C=O) groups is 1. The number of carbonyl (C=O) groups excluding carboxylic acids is 1. The Kier molecular flexibility index (Phi) is 6.03. The van der Waals surface area contributed by atoms with E-state index in [0.717, 1.165) is 5.56 Å². The van der Waals surface area contributed by atoms with Gasteiger partial charge >= 0.3 is 0 Å². The van der Waals surface area contributed by atoms with Crippen molar-refractivity contribution in [2.45, 2.75) is 13.5 Å². The predicted molar refractivity (Wildman–Crippen MR) is 107 cm³/mol. The minimum Gasteiger partial charge on any atom is -0.267 e. The summed E-state index contributed by atoms with van der Waals surface area (Å²) in [7, 11) is 0. The van der Waals surface area contributed by atoms with Crippen LogP contribution in [-0.4, -0.2) is 21.9 Å². The predicted octanol–water partition coefficient (Wildman–Crippen LogP) is 4.56. The van der Waals surface area contributed by atoms with E-state index in [1.54, 1.807) is 41.9 Å². The molecule has 5 nitrogen and oxygen atoms in total. The molecule has 3 aromatic rings. The molecule has 1 heterocycles. The van der Waals surface area contributed by atoms with Gasteiger partial charge in [-0.25, -0.2) is 14.5 Å². The van der Waals surface area contributed by atoms with Crippen LogP contribution in [0.1, 0.15) is 27.2 Å². The second-order valence-electron chi connectivity index (χ2n) is 5.75. The minimum atomic E-state index is -0.341. The summed E-state index contributed by atoms with van der Waals surface area (Å²) in [5.41, 5.74) is 5.09. The number of nitrogens with zero attached hydrogens (tertiary/aromatic N) is 3. The monoisotopic (exact) mass is 448 g/mol. The Morgan fingerprint density at radius 3 is 2.70 bits per heavy atom. The third kappa shape index (κ3) is 4.61. The molecular weight excluding hydrogens is 435 g/mol. The maximum absolute atomic E-state index is 13.0. The molecule has 8 heteroatoms. The number of aromatic nitrogens is 2. The van der Waals surface area contributed by atoms with Crippen LogP contribution in [0.5, 0.6) is 0 Å². The van der Waals surface area contributed by atoms with Crippen LogP contribution in [0, 0.1) is 12.7 Å². The lowest BCUT2D eigenvalue weighted by atomic mass is 10.2. The molecule has 27 heavy (non-hydrogen) atoms. The summed E-state index contributed by atoms with van der Waals surface area (Å²) >= 11 is 9.71. The van der Waals surface area contributed by atoms with Crippen LogP contribution in [0.4, 0.5) is 4.39 Å². The molecule has 0 bridgehead atoms. The molecule has 2 aromatic carbocycles. The fraction of sp³-hybridized carbons (Fsp3) is 0.105. The molecule has 3 rings (SSSR count). The van der Waals surface area contributed by atoms with Gasteiger partial charge in [-0.05, 0) is 52.7 Å². The fourth-order valence-corrected chi connectivity index (χ4v) is 3.19. The summed E-state index contributed by atoms with van der Waals surface area (Å²) < 4.78 is 15.3. The lowest BCUT2D eigenvalue weighted by Crippen LogP contribution is -2.18. The van der Waals surface area contributed by atoms with Crippen molar-refractivity contribution in [3.05, 3.63) is 86.4 Å². The third-order valence-corrected chi connectivity index (χ3v) is 4.92. The van der Waals surface area contributed by atoms with Crippen LogP contribution in [0.2, 0.25) is 5.15 Å². The van der Waals surface area contributed by atoms with Gasteiger partial charge in [-0.3, -0.25) is 4.79 Å². The molecule has 0 spiro atoms. The van der Waals surface area contributed by atoms with Crippen molar-refractivity contribution in [2.75, 3.05) is 0 Å². The molecule has 0 aliphatic carbocycles. The zero-order valence-corrected chi connectivity index (χ0v) is 16.6. The number of hydrazone groups is 1. The highest BCUT2D eigenvalue weighted by molar-refractivity contribution is 9.10. The smallest absolute Gasteiger partial charge is 0.267 e. The molecule has 1 amide bonds. The van der Waals surface area contributed by atoms with Crippen molar-refractivity contribution in [3.63, 3.8) is 0 Å². The van der Waals surface area contributed by atoms with Crippen molar-refractivity contribution in [1.29, 1.82) is 0 Å². The van der Waals surface area contributed by atoms with E-state index in [1.165, 1.54) is 18.3 Å². The third-order valence-electron chi connectivity index (χ3n) is 3.83. The molecule has 1 aromatic heterocycles. The lowest BCUT2D eigenvalue weighted by Gasteiger charge is -2.03. The van der Waals surface area contributed by atoms with Crippen molar-refractivity contribution >= 4 is 39.7 Å². The van der Waals surface area contributed by atoms with Gasteiger partial charge in [-0.15, -0.1) is 0 Å². The van der Waals surface area contributed by atoms with Gasteiger partial charge in [0.15, 0.2) is 0 Å². The average Bonchev–Trinajstić information content (AvgIpc) is 2.91. The molecule has 0 atom stereocenters. The number of amides is 1. The standard InChI is InChI=1S/C19H15BrClFN4O/c1-12-16(10-23-24-19(27)15-4-2-3-5-17(15)20)18(21)26(25-12)11-13-6-8-14(22)9-7-13/h2-10H,11H2,1H3,(H,24,27). The Labute approximate surface area is 169 Å². The zero-order valence-electron chi connectivity index (χ0n) is 14.3. The molecule has 0 unspecified atom stereocenters. The van der Waals surface area contributed by atoms with Crippen LogP contribution in [0.15, 0.2) is 58.1 Å². The van der Waals surface area contributed by atoms with Gasteiger partial charge in [0.1, 0.15) is 11.0 Å². The Morgan fingerprint density at radius 2 is 2.00 bits per heavy atom. The molecule has 0 saturated carbocycles. The van der Waals surface area contributed by atoms with E-state index in [9.17, 15) is 9.18 Å². The van der Waals surface area contributed by atoms with Gasteiger partial charge in [0.05, 0.1) is 29.6 Å². The summed E-state index contributed by atoms with van der Waals surface area (Å²) in [5.74, 6) is -0.638. The number of hydrogen-bond donors (Lipinski definition) is 1. The highest BCUT2D eigenvalue weighted by atomic mass is 79.9. The Balaban J connectivity index is 1.72.